The highest BCUT2D eigenvalue weighted by molar-refractivity contribution is 5.60. The van der Waals surface area contributed by atoms with Gasteiger partial charge in [0.25, 0.3) is 0 Å². The van der Waals surface area contributed by atoms with E-state index in [9.17, 15) is 17.6 Å². The number of rotatable bonds is 7. The quantitative estimate of drug-likeness (QED) is 0.436. The second-order valence-electron chi connectivity index (χ2n) is 8.45. The molecule has 1 fully saturated rings. The standard InChI is InChI=1S/C26H26F4N2O/c27-16-19-6-8-20(9-7-19)24-15-22(26(28,29)30)14-23(32-24)17-33-18-25(10-12-31-13-11-25)21-4-2-1-3-5-21/h1-9,14-15,31H,10-13,16-18H2. The Balaban J connectivity index is 1.56. The van der Waals surface area contributed by atoms with Crippen molar-refractivity contribution in [3.05, 3.63) is 89.1 Å². The zero-order chi connectivity index (χ0) is 23.3. The first kappa shape index (κ1) is 23.4. The number of pyridine rings is 1. The maximum absolute atomic E-state index is 13.6. The van der Waals surface area contributed by atoms with Crippen LogP contribution in [0, 0.1) is 0 Å². The fourth-order valence-corrected chi connectivity index (χ4v) is 4.30. The Kier molecular flexibility index (Phi) is 7.10. The van der Waals surface area contributed by atoms with Gasteiger partial charge in [0.05, 0.1) is 30.2 Å². The molecule has 2 aromatic carbocycles. The van der Waals surface area contributed by atoms with Crippen LogP contribution in [0.3, 0.4) is 0 Å². The monoisotopic (exact) mass is 458 g/mol. The summed E-state index contributed by atoms with van der Waals surface area (Å²) in [7, 11) is 0. The van der Waals surface area contributed by atoms with E-state index in [0.717, 1.165) is 38.1 Å². The van der Waals surface area contributed by atoms with Crippen molar-refractivity contribution >= 4 is 0 Å². The number of halogens is 4. The Morgan fingerprint density at radius 1 is 0.939 bits per heavy atom. The van der Waals surface area contributed by atoms with Crippen LogP contribution in [0.2, 0.25) is 0 Å². The van der Waals surface area contributed by atoms with Crippen LogP contribution in [0.25, 0.3) is 11.3 Å². The van der Waals surface area contributed by atoms with E-state index in [4.69, 9.17) is 4.74 Å². The molecule has 1 aliphatic heterocycles. The van der Waals surface area contributed by atoms with Gasteiger partial charge in [0, 0.05) is 11.0 Å². The fraction of sp³-hybridized carbons (Fsp3) is 0.346. The van der Waals surface area contributed by atoms with E-state index in [1.54, 1.807) is 24.3 Å². The van der Waals surface area contributed by atoms with Crippen molar-refractivity contribution in [2.45, 2.75) is 37.7 Å². The van der Waals surface area contributed by atoms with E-state index in [1.807, 2.05) is 18.2 Å². The molecule has 3 nitrogen and oxygen atoms in total. The number of hydrogen-bond donors (Lipinski definition) is 1. The van der Waals surface area contributed by atoms with E-state index in [-0.39, 0.29) is 23.4 Å². The van der Waals surface area contributed by atoms with Gasteiger partial charge >= 0.3 is 6.18 Å². The molecule has 0 unspecified atom stereocenters. The molecule has 1 N–H and O–H groups in total. The second kappa shape index (κ2) is 10.0. The highest BCUT2D eigenvalue weighted by Gasteiger charge is 2.35. The minimum atomic E-state index is -4.51. The number of nitrogens with zero attached hydrogens (tertiary/aromatic N) is 1. The fourth-order valence-electron chi connectivity index (χ4n) is 4.30. The number of nitrogens with one attached hydrogen (secondary N) is 1. The summed E-state index contributed by atoms with van der Waals surface area (Å²) < 4.78 is 59.5. The Hall–Kier alpha value is -2.77. The number of ether oxygens (including phenoxy) is 1. The Morgan fingerprint density at radius 2 is 1.64 bits per heavy atom. The highest BCUT2D eigenvalue weighted by atomic mass is 19.4. The molecule has 0 saturated carbocycles. The maximum atomic E-state index is 13.6. The normalized spacial score (nSPS) is 16.0. The zero-order valence-corrected chi connectivity index (χ0v) is 18.2. The Bertz CT molecular complexity index is 1050. The minimum absolute atomic E-state index is 0.0263. The van der Waals surface area contributed by atoms with Crippen LogP contribution < -0.4 is 5.32 Å². The molecule has 0 radical (unpaired) electrons. The lowest BCUT2D eigenvalue weighted by Gasteiger charge is -2.38. The average Bonchev–Trinajstić information content (AvgIpc) is 2.84. The predicted octanol–water partition coefficient (Wildman–Crippen LogP) is 6.07. The summed E-state index contributed by atoms with van der Waals surface area (Å²) in [5, 5.41) is 3.36. The summed E-state index contributed by atoms with van der Waals surface area (Å²) in [4.78, 5) is 4.42. The molecular weight excluding hydrogens is 432 g/mol. The third-order valence-electron chi connectivity index (χ3n) is 6.18. The van der Waals surface area contributed by atoms with Crippen LogP contribution in [0.1, 0.15) is 35.2 Å². The van der Waals surface area contributed by atoms with Crippen molar-refractivity contribution in [1.82, 2.24) is 10.3 Å². The Labute approximate surface area is 190 Å². The smallest absolute Gasteiger partial charge is 0.374 e. The molecular formula is C26H26F4N2O. The van der Waals surface area contributed by atoms with E-state index in [1.165, 1.54) is 5.56 Å². The molecule has 3 aromatic rings. The van der Waals surface area contributed by atoms with Gasteiger partial charge in [-0.15, -0.1) is 0 Å². The highest BCUT2D eigenvalue weighted by Crippen LogP contribution is 2.35. The molecule has 0 aliphatic carbocycles. The molecule has 174 valence electrons. The van der Waals surface area contributed by atoms with Crippen LogP contribution >= 0.6 is 0 Å². The summed E-state index contributed by atoms with van der Waals surface area (Å²) in [6.07, 6.45) is -2.73. The van der Waals surface area contributed by atoms with Crippen molar-refractivity contribution in [3.8, 4) is 11.3 Å². The molecule has 33 heavy (non-hydrogen) atoms. The van der Waals surface area contributed by atoms with Gasteiger partial charge in [-0.2, -0.15) is 13.2 Å². The molecule has 7 heteroatoms. The minimum Gasteiger partial charge on any atom is -0.374 e. The molecule has 2 heterocycles. The molecule has 0 bridgehead atoms. The van der Waals surface area contributed by atoms with E-state index < -0.39 is 18.4 Å². The lowest BCUT2D eigenvalue weighted by atomic mass is 9.74. The number of benzene rings is 2. The molecule has 4 rings (SSSR count). The topological polar surface area (TPSA) is 34.1 Å². The summed E-state index contributed by atoms with van der Waals surface area (Å²) in [5.74, 6) is 0. The van der Waals surface area contributed by atoms with Crippen LogP contribution in [0.5, 0.6) is 0 Å². The number of hydrogen-bond acceptors (Lipinski definition) is 3. The average molecular weight is 458 g/mol. The third-order valence-corrected chi connectivity index (χ3v) is 6.18. The van der Waals surface area contributed by atoms with Crippen LogP contribution in [0.15, 0.2) is 66.7 Å². The SMILES string of the molecule is FCc1ccc(-c2cc(C(F)(F)F)cc(COCC3(c4ccccc4)CCNCC3)n2)cc1. The van der Waals surface area contributed by atoms with Gasteiger partial charge in [-0.3, -0.25) is 4.98 Å². The number of piperidine rings is 1. The van der Waals surface area contributed by atoms with E-state index >= 15 is 0 Å². The number of alkyl halides is 4. The summed E-state index contributed by atoms with van der Waals surface area (Å²) in [6.45, 7) is 1.46. The third kappa shape index (κ3) is 5.60. The van der Waals surface area contributed by atoms with Gasteiger partial charge in [-0.25, -0.2) is 4.39 Å². The van der Waals surface area contributed by atoms with E-state index in [2.05, 4.69) is 22.4 Å². The lowest BCUT2D eigenvalue weighted by Crippen LogP contribution is -2.43. The molecule has 1 aliphatic rings. The van der Waals surface area contributed by atoms with Gasteiger partial charge in [0.1, 0.15) is 6.67 Å². The van der Waals surface area contributed by atoms with Gasteiger partial charge < -0.3 is 10.1 Å². The largest absolute Gasteiger partial charge is 0.416 e. The summed E-state index contributed by atoms with van der Waals surface area (Å²) >= 11 is 0. The number of aromatic nitrogens is 1. The maximum Gasteiger partial charge on any atom is 0.416 e. The Morgan fingerprint density at radius 3 is 2.27 bits per heavy atom. The first-order valence-electron chi connectivity index (χ1n) is 11.0. The first-order chi connectivity index (χ1) is 15.9. The molecule has 0 spiro atoms. The second-order valence-corrected chi connectivity index (χ2v) is 8.45. The zero-order valence-electron chi connectivity index (χ0n) is 18.2. The van der Waals surface area contributed by atoms with Crippen LogP contribution in [-0.4, -0.2) is 24.7 Å². The van der Waals surface area contributed by atoms with Gasteiger partial charge in [0.2, 0.25) is 0 Å². The first-order valence-corrected chi connectivity index (χ1v) is 11.0. The van der Waals surface area contributed by atoms with E-state index in [0.29, 0.717) is 17.7 Å². The van der Waals surface area contributed by atoms with Gasteiger partial charge in [-0.1, -0.05) is 54.6 Å². The molecule has 1 aromatic heterocycles. The molecule has 0 amide bonds. The summed E-state index contributed by atoms with van der Waals surface area (Å²) in [5.41, 5.74) is 1.58. The van der Waals surface area contributed by atoms with Gasteiger partial charge in [0.15, 0.2) is 0 Å². The van der Waals surface area contributed by atoms with Gasteiger partial charge in [-0.05, 0) is 49.2 Å². The predicted molar refractivity (Wildman–Crippen MR) is 119 cm³/mol. The molecule has 1 saturated heterocycles. The van der Waals surface area contributed by atoms with Crippen LogP contribution in [-0.2, 0) is 29.6 Å². The molecule has 0 atom stereocenters. The van der Waals surface area contributed by atoms with Crippen molar-refractivity contribution in [2.24, 2.45) is 0 Å². The van der Waals surface area contributed by atoms with Crippen molar-refractivity contribution in [1.29, 1.82) is 0 Å². The van der Waals surface area contributed by atoms with Crippen LogP contribution in [0.4, 0.5) is 17.6 Å². The summed E-state index contributed by atoms with van der Waals surface area (Å²) in [6, 6.07) is 18.4. The van der Waals surface area contributed by atoms with Crippen molar-refractivity contribution in [3.63, 3.8) is 0 Å². The van der Waals surface area contributed by atoms with Crippen molar-refractivity contribution in [2.75, 3.05) is 19.7 Å². The lowest BCUT2D eigenvalue weighted by molar-refractivity contribution is -0.137. The van der Waals surface area contributed by atoms with Crippen molar-refractivity contribution < 1.29 is 22.3 Å².